The maximum atomic E-state index is 12.4. The minimum absolute atomic E-state index is 0.0148. The second-order valence-corrected chi connectivity index (χ2v) is 14.4. The first kappa shape index (κ1) is 32.6. The summed E-state index contributed by atoms with van der Waals surface area (Å²) in [5.41, 5.74) is 0.598. The van der Waals surface area contributed by atoms with Crippen LogP contribution in [0.25, 0.3) is 0 Å². The van der Waals surface area contributed by atoms with Crippen LogP contribution in [0.4, 0.5) is 0 Å². The second kappa shape index (κ2) is 14.7. The molecule has 37 heavy (non-hydrogen) atoms. The van der Waals surface area contributed by atoms with E-state index in [9.17, 15) is 18.1 Å². The molecule has 5 unspecified atom stereocenters. The Balaban J connectivity index is 2.57. The van der Waals surface area contributed by atoms with Crippen LogP contribution in [0.1, 0.15) is 144 Å². The van der Waals surface area contributed by atoms with Crippen molar-refractivity contribution in [2.45, 2.75) is 150 Å². The minimum atomic E-state index is -4.36. The molecule has 1 saturated carbocycles. The maximum Gasteiger partial charge on any atom is 0.294 e. The normalized spacial score (nSPS) is 32.8. The highest BCUT2D eigenvalue weighted by Crippen LogP contribution is 2.49. The Morgan fingerprint density at radius 2 is 1.59 bits per heavy atom. The highest BCUT2D eigenvalue weighted by molar-refractivity contribution is 7.90. The highest BCUT2D eigenvalue weighted by Gasteiger charge is 2.42. The van der Waals surface area contributed by atoms with E-state index in [4.69, 9.17) is 0 Å². The SMILES string of the molecule is CCCC1CCCCCCC(C)CCC(CC)(CC)C2=CC(S(=O)(=O)O)=CC(CC(C)(CCC)C1)C2O. The lowest BCUT2D eigenvalue weighted by Gasteiger charge is -2.44. The zero-order chi connectivity index (χ0) is 27.7. The Kier molecular flexibility index (Phi) is 12.9. The van der Waals surface area contributed by atoms with Gasteiger partial charge in [-0.25, -0.2) is 0 Å². The quantitative estimate of drug-likeness (QED) is 0.317. The number of rotatable bonds is 7. The number of allylic oxidation sites excluding steroid dienone is 1. The number of hydrogen-bond donors (Lipinski definition) is 2. The molecule has 0 saturated heterocycles. The van der Waals surface area contributed by atoms with Gasteiger partial charge in [0.05, 0.1) is 11.0 Å². The Hall–Kier alpha value is -0.650. The van der Waals surface area contributed by atoms with E-state index < -0.39 is 16.2 Å². The van der Waals surface area contributed by atoms with Crippen LogP contribution in [0.15, 0.2) is 22.6 Å². The van der Waals surface area contributed by atoms with Crippen molar-refractivity contribution < 1.29 is 18.1 Å². The Bertz CT molecular complexity index is 854. The van der Waals surface area contributed by atoms with Crippen LogP contribution in [-0.2, 0) is 10.1 Å². The van der Waals surface area contributed by atoms with Gasteiger partial charge in [-0.05, 0) is 79.3 Å². The first-order chi connectivity index (χ1) is 17.4. The summed E-state index contributed by atoms with van der Waals surface area (Å²) in [5, 5.41) is 11.9. The molecule has 0 amide bonds. The number of fused-ring (bicyclic) bond motifs is 2. The summed E-state index contributed by atoms with van der Waals surface area (Å²) in [7, 11) is -4.36. The molecule has 5 atom stereocenters. The molecule has 2 rings (SSSR count). The van der Waals surface area contributed by atoms with Crippen molar-refractivity contribution in [1.82, 2.24) is 0 Å². The van der Waals surface area contributed by atoms with Gasteiger partial charge in [0.25, 0.3) is 10.1 Å². The monoisotopic (exact) mass is 538 g/mol. The molecule has 2 N–H and O–H groups in total. The smallest absolute Gasteiger partial charge is 0.294 e. The first-order valence-electron chi connectivity index (χ1n) is 15.5. The fourth-order valence-electron chi connectivity index (χ4n) is 7.63. The van der Waals surface area contributed by atoms with Crippen LogP contribution in [0.3, 0.4) is 0 Å². The number of aliphatic hydroxyl groups is 1. The summed E-state index contributed by atoms with van der Waals surface area (Å²) in [4.78, 5) is -0.0148. The average Bonchev–Trinajstić information content (AvgIpc) is 2.83. The molecule has 0 aliphatic heterocycles. The molecule has 0 aromatic carbocycles. The maximum absolute atomic E-state index is 12.4. The van der Waals surface area contributed by atoms with Gasteiger partial charge < -0.3 is 5.11 Å². The van der Waals surface area contributed by atoms with Gasteiger partial charge in [-0.2, -0.15) is 8.42 Å². The van der Waals surface area contributed by atoms with Crippen molar-refractivity contribution in [3.63, 3.8) is 0 Å². The van der Waals surface area contributed by atoms with Gasteiger partial charge in [0.1, 0.15) is 0 Å². The van der Waals surface area contributed by atoms with Crippen molar-refractivity contribution in [3.8, 4) is 0 Å². The van der Waals surface area contributed by atoms with Crippen LogP contribution in [0.5, 0.6) is 0 Å². The van der Waals surface area contributed by atoms with Gasteiger partial charge in [-0.1, -0.05) is 105 Å². The lowest BCUT2D eigenvalue weighted by Crippen LogP contribution is -2.38. The molecule has 0 aromatic heterocycles. The van der Waals surface area contributed by atoms with Gasteiger partial charge in [0.2, 0.25) is 0 Å². The molecule has 0 spiro atoms. The van der Waals surface area contributed by atoms with Crippen LogP contribution in [0, 0.1) is 28.6 Å². The number of hydrogen-bond acceptors (Lipinski definition) is 3. The minimum Gasteiger partial charge on any atom is -0.388 e. The Morgan fingerprint density at radius 3 is 2.16 bits per heavy atom. The van der Waals surface area contributed by atoms with Crippen molar-refractivity contribution in [2.75, 3.05) is 0 Å². The van der Waals surface area contributed by atoms with Gasteiger partial charge in [0.15, 0.2) is 0 Å². The molecule has 0 radical (unpaired) electrons. The van der Waals surface area contributed by atoms with Crippen molar-refractivity contribution >= 4 is 10.1 Å². The molecular weight excluding hydrogens is 480 g/mol. The van der Waals surface area contributed by atoms with Gasteiger partial charge >= 0.3 is 0 Å². The molecule has 4 nitrogen and oxygen atoms in total. The largest absolute Gasteiger partial charge is 0.388 e. The van der Waals surface area contributed by atoms with Crippen LogP contribution in [0.2, 0.25) is 0 Å². The number of aliphatic hydroxyl groups excluding tert-OH is 1. The second-order valence-electron chi connectivity index (χ2n) is 13.0. The summed E-state index contributed by atoms with van der Waals surface area (Å²) in [6, 6.07) is 0. The van der Waals surface area contributed by atoms with E-state index in [2.05, 4.69) is 41.5 Å². The molecule has 0 aromatic rings. The van der Waals surface area contributed by atoms with E-state index in [-0.39, 0.29) is 21.7 Å². The third-order valence-electron chi connectivity index (χ3n) is 9.90. The standard InChI is InChI=1S/C32H58O4S/c1-7-15-26-17-14-12-11-13-16-25(5)18-20-32(9-3,10-4)29-22-28(37(34,35)36)21-27(30(29)33)24-31(6,23-26)19-8-2/h21-22,25-27,30,33H,7-20,23-24H2,1-6H3,(H,34,35,36). The highest BCUT2D eigenvalue weighted by atomic mass is 32.2. The van der Waals surface area contributed by atoms with Crippen LogP contribution >= 0.6 is 0 Å². The van der Waals surface area contributed by atoms with Crippen molar-refractivity contribution in [1.29, 1.82) is 0 Å². The van der Waals surface area contributed by atoms with Gasteiger partial charge in [0, 0.05) is 5.92 Å². The molecule has 5 heteroatoms. The Morgan fingerprint density at radius 1 is 0.946 bits per heavy atom. The fraction of sp³-hybridized carbons (Fsp3) is 0.875. The lowest BCUT2D eigenvalue weighted by molar-refractivity contribution is 0.0784. The third-order valence-corrected chi connectivity index (χ3v) is 10.7. The van der Waals surface area contributed by atoms with Gasteiger partial charge in [-0.15, -0.1) is 0 Å². The predicted molar refractivity (Wildman–Crippen MR) is 157 cm³/mol. The molecular formula is C32H58O4S. The van der Waals surface area contributed by atoms with E-state index in [0.717, 1.165) is 56.9 Å². The van der Waals surface area contributed by atoms with E-state index in [1.54, 1.807) is 12.2 Å². The third kappa shape index (κ3) is 9.21. The zero-order valence-electron chi connectivity index (χ0n) is 24.9. The summed E-state index contributed by atoms with van der Waals surface area (Å²) in [5.74, 6) is 0.978. The topological polar surface area (TPSA) is 74.6 Å². The predicted octanol–water partition coefficient (Wildman–Crippen LogP) is 9.26. The Labute approximate surface area is 229 Å². The van der Waals surface area contributed by atoms with Gasteiger partial charge in [-0.3, -0.25) is 4.55 Å². The molecule has 2 aliphatic rings. The summed E-state index contributed by atoms with van der Waals surface area (Å²) in [6.07, 6.45) is 20.4. The molecule has 216 valence electrons. The summed E-state index contributed by atoms with van der Waals surface area (Å²) < 4.78 is 35.0. The van der Waals surface area contributed by atoms with Crippen molar-refractivity contribution in [2.24, 2.45) is 28.6 Å². The lowest BCUT2D eigenvalue weighted by atomic mass is 9.63. The molecule has 2 aliphatic carbocycles. The van der Waals surface area contributed by atoms with E-state index in [1.165, 1.54) is 51.4 Å². The van der Waals surface area contributed by atoms with Crippen LogP contribution < -0.4 is 0 Å². The fourth-order valence-corrected chi connectivity index (χ4v) is 8.26. The average molecular weight is 539 g/mol. The van der Waals surface area contributed by atoms with E-state index >= 15 is 0 Å². The molecule has 1 fully saturated rings. The van der Waals surface area contributed by atoms with E-state index in [1.807, 2.05) is 0 Å². The van der Waals surface area contributed by atoms with Crippen molar-refractivity contribution in [3.05, 3.63) is 22.6 Å². The van der Waals surface area contributed by atoms with Crippen LogP contribution in [-0.4, -0.2) is 24.2 Å². The summed E-state index contributed by atoms with van der Waals surface area (Å²) in [6.45, 7) is 13.5. The molecule has 0 heterocycles. The van der Waals surface area contributed by atoms with E-state index in [0.29, 0.717) is 11.8 Å². The zero-order valence-corrected chi connectivity index (χ0v) is 25.7. The molecule has 2 bridgehead atoms. The summed E-state index contributed by atoms with van der Waals surface area (Å²) >= 11 is 0. The first-order valence-corrected chi connectivity index (χ1v) is 17.0.